The van der Waals surface area contributed by atoms with E-state index in [0.717, 1.165) is 42.4 Å². The summed E-state index contributed by atoms with van der Waals surface area (Å²) in [4.78, 5) is 17.9. The van der Waals surface area contributed by atoms with Crippen molar-refractivity contribution in [3.05, 3.63) is 63.1 Å². The van der Waals surface area contributed by atoms with Crippen molar-refractivity contribution in [2.75, 3.05) is 13.2 Å². The van der Waals surface area contributed by atoms with Gasteiger partial charge >= 0.3 is 0 Å². The summed E-state index contributed by atoms with van der Waals surface area (Å²) in [7, 11) is 0. The lowest BCUT2D eigenvalue weighted by atomic mass is 9.79. The zero-order valence-electron chi connectivity index (χ0n) is 24.0. The molecule has 1 amide bonds. The SMILES string of the molecule is Cc1nc2c(F)c(-c3cccc(Cl)c3Cl)c(CCC#N)cc2c2c1cc([C@@H](C)NC(=O)C1CCCO1)n2[C@H]1[C@H]2CN[C@@H]1C2. The molecule has 2 aromatic carbocycles. The summed E-state index contributed by atoms with van der Waals surface area (Å²) in [6.45, 7) is 5.41. The average molecular weight is 621 g/mol. The highest BCUT2D eigenvalue weighted by atomic mass is 35.5. The smallest absolute Gasteiger partial charge is 0.249 e. The number of hydrogen-bond donors (Lipinski definition) is 2. The Kier molecular flexibility index (Phi) is 7.33. The molecule has 4 aromatic rings. The van der Waals surface area contributed by atoms with Gasteiger partial charge in [0, 0.05) is 58.9 Å². The predicted molar refractivity (Wildman–Crippen MR) is 166 cm³/mol. The number of hydrogen-bond acceptors (Lipinski definition) is 5. The molecule has 2 aromatic heterocycles. The lowest BCUT2D eigenvalue weighted by molar-refractivity contribution is -0.130. The Hall–Kier alpha value is -3.22. The zero-order chi connectivity index (χ0) is 30.0. The minimum absolute atomic E-state index is 0.107. The lowest BCUT2D eigenvalue weighted by Crippen LogP contribution is -2.41. The van der Waals surface area contributed by atoms with Crippen LogP contribution in [-0.4, -0.2) is 40.8 Å². The summed E-state index contributed by atoms with van der Waals surface area (Å²) in [6.07, 6.45) is 2.81. The van der Waals surface area contributed by atoms with Crippen molar-refractivity contribution < 1.29 is 13.9 Å². The molecule has 8 rings (SSSR count). The number of aromatic nitrogens is 2. The molecule has 4 fully saturated rings. The summed E-state index contributed by atoms with van der Waals surface area (Å²) in [5.74, 6) is -0.149. The van der Waals surface area contributed by atoms with Crippen LogP contribution in [0.2, 0.25) is 10.0 Å². The van der Waals surface area contributed by atoms with Crippen LogP contribution in [-0.2, 0) is 16.0 Å². The normalized spacial score (nSPS) is 23.4. The van der Waals surface area contributed by atoms with E-state index in [1.807, 2.05) is 19.9 Å². The number of rotatable bonds is 7. The molecule has 10 heteroatoms. The van der Waals surface area contributed by atoms with Crippen molar-refractivity contribution in [3.63, 3.8) is 0 Å². The maximum Gasteiger partial charge on any atom is 0.249 e. The van der Waals surface area contributed by atoms with Crippen LogP contribution in [0.4, 0.5) is 4.39 Å². The Morgan fingerprint density at radius 3 is 2.86 bits per heavy atom. The molecule has 1 unspecified atom stereocenters. The van der Waals surface area contributed by atoms with Gasteiger partial charge in [0.05, 0.1) is 33.7 Å². The molecule has 0 spiro atoms. The van der Waals surface area contributed by atoms with Gasteiger partial charge in [0.1, 0.15) is 11.6 Å². The molecule has 4 aliphatic rings. The van der Waals surface area contributed by atoms with Crippen LogP contribution in [0.5, 0.6) is 0 Å². The topological polar surface area (TPSA) is 92.0 Å². The van der Waals surface area contributed by atoms with E-state index in [9.17, 15) is 10.1 Å². The molecule has 2 N–H and O–H groups in total. The maximum absolute atomic E-state index is 16.8. The number of pyridine rings is 1. The fraction of sp³-hybridized carbons (Fsp3) is 0.424. The van der Waals surface area contributed by atoms with Crippen LogP contribution in [0, 0.1) is 30.0 Å². The van der Waals surface area contributed by atoms with E-state index in [-0.39, 0.29) is 35.0 Å². The first kappa shape index (κ1) is 28.5. The average Bonchev–Trinajstić information content (AvgIpc) is 3.79. The van der Waals surface area contributed by atoms with Gasteiger partial charge in [0.25, 0.3) is 0 Å². The van der Waals surface area contributed by atoms with Crippen molar-refractivity contribution in [1.29, 1.82) is 5.26 Å². The highest BCUT2D eigenvalue weighted by Crippen LogP contribution is 2.49. The van der Waals surface area contributed by atoms with E-state index in [1.165, 1.54) is 0 Å². The van der Waals surface area contributed by atoms with Crippen LogP contribution >= 0.6 is 23.2 Å². The van der Waals surface area contributed by atoms with Gasteiger partial charge in [-0.3, -0.25) is 4.79 Å². The maximum atomic E-state index is 16.8. The first-order chi connectivity index (χ1) is 20.8. The Balaban J connectivity index is 1.47. The van der Waals surface area contributed by atoms with Crippen LogP contribution in [0.1, 0.15) is 61.6 Å². The van der Waals surface area contributed by atoms with Gasteiger partial charge in [-0.15, -0.1) is 0 Å². The Morgan fingerprint density at radius 1 is 1.33 bits per heavy atom. The summed E-state index contributed by atoms with van der Waals surface area (Å²) in [5.41, 5.74) is 4.28. The molecule has 1 aliphatic carbocycles. The summed E-state index contributed by atoms with van der Waals surface area (Å²) in [6, 6.07) is 11.6. The molecule has 0 radical (unpaired) electrons. The van der Waals surface area contributed by atoms with E-state index in [1.54, 1.807) is 18.2 Å². The Bertz CT molecular complexity index is 1810. The Morgan fingerprint density at radius 2 is 2.16 bits per heavy atom. The van der Waals surface area contributed by atoms with Gasteiger partial charge in [-0.25, -0.2) is 9.37 Å². The van der Waals surface area contributed by atoms with Crippen LogP contribution < -0.4 is 10.6 Å². The molecule has 3 saturated heterocycles. The van der Waals surface area contributed by atoms with Gasteiger partial charge in [-0.1, -0.05) is 35.3 Å². The number of amides is 1. The number of nitrogens with one attached hydrogen (secondary N) is 2. The van der Waals surface area contributed by atoms with E-state index >= 15 is 4.39 Å². The van der Waals surface area contributed by atoms with Crippen molar-refractivity contribution in [2.45, 2.75) is 70.2 Å². The minimum atomic E-state index is -0.483. The third-order valence-electron chi connectivity index (χ3n) is 9.46. The van der Waals surface area contributed by atoms with Crippen molar-refractivity contribution in [2.24, 2.45) is 5.92 Å². The summed E-state index contributed by atoms with van der Waals surface area (Å²) >= 11 is 12.9. The minimum Gasteiger partial charge on any atom is -0.368 e. The molecule has 222 valence electrons. The third-order valence-corrected chi connectivity index (χ3v) is 10.3. The molecule has 43 heavy (non-hydrogen) atoms. The second-order valence-electron chi connectivity index (χ2n) is 12.0. The number of benzene rings is 2. The first-order valence-corrected chi connectivity index (χ1v) is 15.7. The van der Waals surface area contributed by atoms with Crippen molar-refractivity contribution >= 4 is 50.9 Å². The Labute approximate surface area is 259 Å². The number of nitrogens with zero attached hydrogens (tertiary/aromatic N) is 3. The first-order valence-electron chi connectivity index (χ1n) is 14.9. The molecular formula is C33H32Cl2FN5O2. The molecule has 5 atom stereocenters. The standard InChI is InChI=1S/C33H32Cl2FN5O2/c1-16-21-14-25(17(2)40-33(42)26-9-5-11-43-26)41(31-19-13-24(31)38-15-19)32(21)22-12-18(6-4-10-37)27(29(36)30(22)39-16)20-7-3-8-23(34)28(20)35/h3,7-8,12,14,17,19,24,26,31,38H,4-6,9,11,13,15H2,1-2H3,(H,40,42)/t17-,19-,24-,26?,31+/m1/s1. The monoisotopic (exact) mass is 619 g/mol. The van der Waals surface area contributed by atoms with Gasteiger partial charge in [0.2, 0.25) is 5.91 Å². The molecular weight excluding hydrogens is 588 g/mol. The number of ether oxygens (including phenoxy) is 1. The molecule has 2 bridgehead atoms. The summed E-state index contributed by atoms with van der Waals surface area (Å²) < 4.78 is 24.8. The zero-order valence-corrected chi connectivity index (χ0v) is 25.5. The number of fused-ring (bicyclic) bond motifs is 4. The van der Waals surface area contributed by atoms with E-state index in [0.29, 0.717) is 57.8 Å². The number of halogens is 3. The van der Waals surface area contributed by atoms with E-state index in [4.69, 9.17) is 32.9 Å². The van der Waals surface area contributed by atoms with Gasteiger partial charge in [-0.05, 0) is 69.2 Å². The van der Waals surface area contributed by atoms with E-state index < -0.39 is 11.9 Å². The number of carbonyl (C=O) groups excluding carboxylic acids is 1. The van der Waals surface area contributed by atoms with Crippen LogP contribution in [0.3, 0.4) is 0 Å². The lowest BCUT2D eigenvalue weighted by Gasteiger charge is -2.38. The molecule has 1 saturated carbocycles. The van der Waals surface area contributed by atoms with Crippen LogP contribution in [0.15, 0.2) is 30.3 Å². The van der Waals surface area contributed by atoms with Gasteiger partial charge in [0.15, 0.2) is 5.82 Å². The molecule has 7 nitrogen and oxygen atoms in total. The number of carbonyl (C=O) groups is 1. The second kappa shape index (κ2) is 11.0. The van der Waals surface area contributed by atoms with Crippen LogP contribution in [0.25, 0.3) is 32.9 Å². The quantitative estimate of drug-likeness (QED) is 0.233. The molecule has 3 aliphatic heterocycles. The number of aryl methyl sites for hydroxylation is 2. The number of nitriles is 1. The van der Waals surface area contributed by atoms with Gasteiger partial charge < -0.3 is 19.9 Å². The van der Waals surface area contributed by atoms with Gasteiger partial charge in [-0.2, -0.15) is 5.26 Å². The fourth-order valence-electron chi connectivity index (χ4n) is 7.34. The largest absolute Gasteiger partial charge is 0.368 e. The van der Waals surface area contributed by atoms with E-state index in [2.05, 4.69) is 27.3 Å². The van der Waals surface area contributed by atoms with Crippen molar-refractivity contribution in [3.8, 4) is 17.2 Å². The predicted octanol–water partition coefficient (Wildman–Crippen LogP) is 6.96. The highest BCUT2D eigenvalue weighted by molar-refractivity contribution is 6.43. The molecule has 5 heterocycles. The fourth-order valence-corrected chi connectivity index (χ4v) is 7.74. The second-order valence-corrected chi connectivity index (χ2v) is 12.8. The van der Waals surface area contributed by atoms with Crippen molar-refractivity contribution in [1.82, 2.24) is 20.2 Å². The summed E-state index contributed by atoms with van der Waals surface area (Å²) in [5, 5.41) is 18.5. The third kappa shape index (κ3) is 4.60. The highest BCUT2D eigenvalue weighted by Gasteiger charge is 2.49.